The van der Waals surface area contributed by atoms with Crippen LogP contribution in [-0.4, -0.2) is 35.7 Å². The third-order valence-electron chi connectivity index (χ3n) is 4.17. The summed E-state index contributed by atoms with van der Waals surface area (Å²) < 4.78 is 3.14. The van der Waals surface area contributed by atoms with Crippen molar-refractivity contribution in [3.05, 3.63) is 89.7 Å². The Labute approximate surface area is 165 Å². The molecule has 0 radical (unpaired) electrons. The summed E-state index contributed by atoms with van der Waals surface area (Å²) in [6, 6.07) is 16.6. The van der Waals surface area contributed by atoms with Crippen molar-refractivity contribution in [2.24, 2.45) is 0 Å². The molecular weight excluding hydrogens is 378 g/mol. The summed E-state index contributed by atoms with van der Waals surface area (Å²) in [6.07, 6.45) is 4.61. The van der Waals surface area contributed by atoms with E-state index in [1.807, 2.05) is 42.5 Å². The minimum absolute atomic E-state index is 0.194. The Morgan fingerprint density at radius 2 is 1.89 bits per heavy atom. The molecule has 1 unspecified atom stereocenters. The molecule has 0 aliphatic heterocycles. The number of hydrogen-bond donors (Lipinski definition) is 1. The van der Waals surface area contributed by atoms with Gasteiger partial charge in [-0.1, -0.05) is 59.3 Å². The third-order valence-corrected chi connectivity index (χ3v) is 4.49. The van der Waals surface area contributed by atoms with Crippen molar-refractivity contribution in [2.75, 3.05) is 0 Å². The molecule has 4 aromatic rings. The summed E-state index contributed by atoms with van der Waals surface area (Å²) in [5, 5.41) is 15.6. The van der Waals surface area contributed by atoms with Crippen LogP contribution in [0.15, 0.2) is 73.4 Å². The summed E-state index contributed by atoms with van der Waals surface area (Å²) in [5.74, 6) is -0.340. The number of halogens is 1. The van der Waals surface area contributed by atoms with Crippen LogP contribution in [0.3, 0.4) is 0 Å². The Balaban J connectivity index is 1.55. The molecule has 0 aliphatic rings. The highest BCUT2D eigenvalue weighted by Gasteiger charge is 2.19. The SMILES string of the molecule is O=C(NC(Cn1cncn1)c1ccccc1)c1cn(-c2ccccc2Cl)nn1. The number of amides is 1. The number of benzene rings is 2. The van der Waals surface area contributed by atoms with Crippen molar-refractivity contribution < 1.29 is 4.79 Å². The molecule has 0 spiro atoms. The number of para-hydroxylation sites is 1. The zero-order chi connectivity index (χ0) is 19.3. The summed E-state index contributed by atoms with van der Waals surface area (Å²) in [7, 11) is 0. The van der Waals surface area contributed by atoms with Crippen LogP contribution in [0.4, 0.5) is 0 Å². The largest absolute Gasteiger partial charge is 0.342 e. The summed E-state index contributed by atoms with van der Waals surface area (Å²) in [4.78, 5) is 16.7. The quantitative estimate of drug-likeness (QED) is 0.544. The van der Waals surface area contributed by atoms with E-state index in [1.165, 1.54) is 11.0 Å². The maximum Gasteiger partial charge on any atom is 0.274 e. The monoisotopic (exact) mass is 393 g/mol. The predicted octanol–water partition coefficient (Wildman–Crippen LogP) is 2.68. The van der Waals surface area contributed by atoms with Crippen molar-refractivity contribution in [3.8, 4) is 5.69 Å². The molecule has 1 N–H and O–H groups in total. The van der Waals surface area contributed by atoms with Crippen molar-refractivity contribution in [1.29, 1.82) is 0 Å². The van der Waals surface area contributed by atoms with Gasteiger partial charge in [-0.2, -0.15) is 5.10 Å². The smallest absolute Gasteiger partial charge is 0.274 e. The van der Waals surface area contributed by atoms with Crippen LogP contribution in [0.25, 0.3) is 5.69 Å². The lowest BCUT2D eigenvalue weighted by atomic mass is 10.1. The number of nitrogens with one attached hydrogen (secondary N) is 1. The molecule has 0 fully saturated rings. The van der Waals surface area contributed by atoms with Gasteiger partial charge in [-0.05, 0) is 17.7 Å². The Hall–Kier alpha value is -3.52. The van der Waals surface area contributed by atoms with Crippen LogP contribution in [0.1, 0.15) is 22.1 Å². The number of carbonyl (C=O) groups excluding carboxylic acids is 1. The van der Waals surface area contributed by atoms with Gasteiger partial charge >= 0.3 is 0 Å². The van der Waals surface area contributed by atoms with Crippen LogP contribution in [0.5, 0.6) is 0 Å². The second kappa shape index (κ2) is 8.01. The average Bonchev–Trinajstić information content (AvgIpc) is 3.41. The fourth-order valence-electron chi connectivity index (χ4n) is 2.79. The molecule has 2 aromatic carbocycles. The van der Waals surface area contributed by atoms with E-state index in [9.17, 15) is 4.79 Å². The first-order valence-corrected chi connectivity index (χ1v) is 8.94. The maximum absolute atomic E-state index is 12.8. The predicted molar refractivity (Wildman–Crippen MR) is 103 cm³/mol. The van der Waals surface area contributed by atoms with Crippen LogP contribution < -0.4 is 5.32 Å². The zero-order valence-electron chi connectivity index (χ0n) is 14.7. The number of nitrogens with zero attached hydrogens (tertiary/aromatic N) is 6. The normalized spacial score (nSPS) is 11.9. The van der Waals surface area contributed by atoms with E-state index in [2.05, 4.69) is 25.7 Å². The third kappa shape index (κ3) is 3.91. The van der Waals surface area contributed by atoms with Crippen molar-refractivity contribution in [3.63, 3.8) is 0 Å². The van der Waals surface area contributed by atoms with Crippen molar-refractivity contribution >= 4 is 17.5 Å². The molecular formula is C19H16ClN7O. The fraction of sp³-hybridized carbons (Fsp3) is 0.105. The molecule has 0 bridgehead atoms. The number of carbonyl (C=O) groups is 1. The molecule has 9 heteroatoms. The molecule has 8 nitrogen and oxygen atoms in total. The highest BCUT2D eigenvalue weighted by atomic mass is 35.5. The Kier molecular flexibility index (Phi) is 5.11. The topological polar surface area (TPSA) is 90.5 Å². The van der Waals surface area contributed by atoms with Gasteiger partial charge in [0.1, 0.15) is 12.7 Å². The van der Waals surface area contributed by atoms with Crippen LogP contribution in [-0.2, 0) is 6.54 Å². The first-order chi connectivity index (χ1) is 13.7. The van der Waals surface area contributed by atoms with E-state index in [0.717, 1.165) is 5.56 Å². The summed E-state index contributed by atoms with van der Waals surface area (Å²) in [5.41, 5.74) is 1.79. The van der Waals surface area contributed by atoms with Gasteiger partial charge in [0.25, 0.3) is 5.91 Å². The summed E-state index contributed by atoms with van der Waals surface area (Å²) >= 11 is 6.19. The van der Waals surface area contributed by atoms with E-state index < -0.39 is 0 Å². The second-order valence-corrected chi connectivity index (χ2v) is 6.46. The number of hydrogen-bond acceptors (Lipinski definition) is 5. The van der Waals surface area contributed by atoms with Gasteiger partial charge in [0.15, 0.2) is 5.69 Å². The average molecular weight is 394 g/mol. The van der Waals surface area contributed by atoms with Gasteiger partial charge in [0.2, 0.25) is 0 Å². The lowest BCUT2D eigenvalue weighted by Crippen LogP contribution is -2.31. The maximum atomic E-state index is 12.8. The lowest BCUT2D eigenvalue weighted by molar-refractivity contribution is 0.0926. The molecule has 0 aliphatic carbocycles. The molecule has 0 saturated heterocycles. The van der Waals surface area contributed by atoms with Crippen LogP contribution >= 0.6 is 11.6 Å². The summed E-state index contributed by atoms with van der Waals surface area (Å²) in [6.45, 7) is 0.439. The van der Waals surface area contributed by atoms with E-state index >= 15 is 0 Å². The molecule has 2 aromatic heterocycles. The van der Waals surface area contributed by atoms with Crippen LogP contribution in [0, 0.1) is 0 Å². The minimum Gasteiger partial charge on any atom is -0.342 e. The number of rotatable bonds is 6. The molecule has 0 saturated carbocycles. The second-order valence-electron chi connectivity index (χ2n) is 6.05. The van der Waals surface area contributed by atoms with E-state index in [-0.39, 0.29) is 17.6 Å². The van der Waals surface area contributed by atoms with E-state index in [4.69, 9.17) is 11.6 Å². The van der Waals surface area contributed by atoms with Crippen LogP contribution in [0.2, 0.25) is 5.02 Å². The molecule has 1 atom stereocenters. The van der Waals surface area contributed by atoms with Gasteiger partial charge < -0.3 is 5.32 Å². The minimum atomic E-state index is -0.340. The highest BCUT2D eigenvalue weighted by molar-refractivity contribution is 6.32. The van der Waals surface area contributed by atoms with Gasteiger partial charge in [-0.25, -0.2) is 9.67 Å². The van der Waals surface area contributed by atoms with Crippen molar-refractivity contribution in [2.45, 2.75) is 12.6 Å². The van der Waals surface area contributed by atoms with E-state index in [1.54, 1.807) is 29.3 Å². The molecule has 2 heterocycles. The van der Waals surface area contributed by atoms with Crippen molar-refractivity contribution in [1.82, 2.24) is 35.1 Å². The molecule has 140 valence electrons. The van der Waals surface area contributed by atoms with Gasteiger partial charge in [-0.3, -0.25) is 9.48 Å². The molecule has 1 amide bonds. The van der Waals surface area contributed by atoms with Gasteiger partial charge in [-0.15, -0.1) is 5.10 Å². The van der Waals surface area contributed by atoms with E-state index in [0.29, 0.717) is 17.3 Å². The highest BCUT2D eigenvalue weighted by Crippen LogP contribution is 2.19. The molecule has 4 rings (SSSR count). The zero-order valence-corrected chi connectivity index (χ0v) is 15.4. The Bertz CT molecular complexity index is 1060. The van der Waals surface area contributed by atoms with Gasteiger partial charge in [0.05, 0.1) is 29.5 Å². The molecule has 28 heavy (non-hydrogen) atoms. The van der Waals surface area contributed by atoms with Gasteiger partial charge in [0, 0.05) is 0 Å². The first-order valence-electron chi connectivity index (χ1n) is 8.56. The first kappa shape index (κ1) is 17.9. The Morgan fingerprint density at radius 1 is 1.11 bits per heavy atom. The Morgan fingerprint density at radius 3 is 2.64 bits per heavy atom. The lowest BCUT2D eigenvalue weighted by Gasteiger charge is -2.18. The standard InChI is InChI=1S/C19H16ClN7O/c20-15-8-4-5-9-18(15)27-11-17(24-25-27)19(28)23-16(10-26-13-21-12-22-26)14-6-2-1-3-7-14/h1-9,11-13,16H,10H2,(H,23,28). The number of aromatic nitrogens is 6. The fourth-order valence-corrected chi connectivity index (χ4v) is 3.01.